The average molecular weight is 258 g/mol. The Morgan fingerprint density at radius 3 is 2.44 bits per heavy atom. The van der Waals surface area contributed by atoms with E-state index in [1.54, 1.807) is 18.2 Å². The molecule has 1 aromatic rings. The van der Waals surface area contributed by atoms with Gasteiger partial charge in [0.05, 0.1) is 6.42 Å². The van der Waals surface area contributed by atoms with Crippen LogP contribution in [0.25, 0.3) is 0 Å². The average Bonchev–Trinajstić information content (AvgIpc) is 2.21. The highest BCUT2D eigenvalue weighted by Crippen LogP contribution is 2.24. The summed E-state index contributed by atoms with van der Waals surface area (Å²) in [6.45, 7) is 6.03. The van der Waals surface area contributed by atoms with E-state index in [0.29, 0.717) is 22.2 Å². The molecule has 0 aromatic heterocycles. The third kappa shape index (κ3) is 3.87. The van der Waals surface area contributed by atoms with Gasteiger partial charge in [-0.15, -0.1) is 0 Å². The highest BCUT2D eigenvalue weighted by molar-refractivity contribution is 6.36. The van der Waals surface area contributed by atoms with E-state index >= 15 is 0 Å². The molecule has 1 rings (SSSR count). The minimum atomic E-state index is -0.113. The van der Waals surface area contributed by atoms with E-state index in [2.05, 4.69) is 11.9 Å². The minimum absolute atomic E-state index is 0.113. The predicted molar refractivity (Wildman–Crippen MR) is 68.0 cm³/mol. The normalized spacial score (nSPS) is 9.94. The molecule has 2 nitrogen and oxygen atoms in total. The zero-order valence-electron chi connectivity index (χ0n) is 9.02. The van der Waals surface area contributed by atoms with Crippen molar-refractivity contribution < 1.29 is 4.79 Å². The van der Waals surface area contributed by atoms with Crippen LogP contribution in [0.2, 0.25) is 10.0 Å². The highest BCUT2D eigenvalue weighted by atomic mass is 35.5. The molecule has 0 atom stereocenters. The third-order valence-corrected chi connectivity index (χ3v) is 2.69. The monoisotopic (exact) mass is 257 g/mol. The second-order valence-corrected chi connectivity index (χ2v) is 4.43. The van der Waals surface area contributed by atoms with Crippen molar-refractivity contribution in [3.05, 3.63) is 46.0 Å². The van der Waals surface area contributed by atoms with Gasteiger partial charge in [0.25, 0.3) is 0 Å². The van der Waals surface area contributed by atoms with Crippen LogP contribution in [0.5, 0.6) is 0 Å². The number of rotatable bonds is 4. The summed E-state index contributed by atoms with van der Waals surface area (Å²) >= 11 is 11.9. The summed E-state index contributed by atoms with van der Waals surface area (Å²) in [6.07, 6.45) is 0.186. The maximum Gasteiger partial charge on any atom is 0.224 e. The molecule has 86 valence electrons. The standard InChI is InChI=1S/C12H13Cl2NO/c1-8(2)7-15-12(16)6-9-10(13)4-3-5-11(9)14/h3-5H,1,6-7H2,2H3,(H,15,16). The Balaban J connectivity index is 2.66. The van der Waals surface area contributed by atoms with Crippen LogP contribution >= 0.6 is 23.2 Å². The van der Waals surface area contributed by atoms with E-state index in [1.807, 2.05) is 6.92 Å². The van der Waals surface area contributed by atoms with Gasteiger partial charge in [-0.25, -0.2) is 0 Å². The summed E-state index contributed by atoms with van der Waals surface area (Å²) in [5.41, 5.74) is 1.56. The van der Waals surface area contributed by atoms with E-state index in [4.69, 9.17) is 23.2 Å². The Morgan fingerprint density at radius 2 is 1.94 bits per heavy atom. The summed E-state index contributed by atoms with van der Waals surface area (Å²) in [4.78, 5) is 11.6. The number of carbonyl (C=O) groups excluding carboxylic acids is 1. The van der Waals surface area contributed by atoms with Gasteiger partial charge in [-0.2, -0.15) is 0 Å². The molecule has 1 N–H and O–H groups in total. The van der Waals surface area contributed by atoms with Crippen LogP contribution < -0.4 is 5.32 Å². The van der Waals surface area contributed by atoms with Crippen molar-refractivity contribution in [2.45, 2.75) is 13.3 Å². The first-order valence-electron chi connectivity index (χ1n) is 4.84. The van der Waals surface area contributed by atoms with Gasteiger partial charge in [-0.1, -0.05) is 41.4 Å². The Hall–Kier alpha value is -0.990. The van der Waals surface area contributed by atoms with Crippen LogP contribution in [-0.4, -0.2) is 12.5 Å². The summed E-state index contributed by atoms with van der Waals surface area (Å²) < 4.78 is 0. The van der Waals surface area contributed by atoms with Crippen molar-refractivity contribution in [3.63, 3.8) is 0 Å². The van der Waals surface area contributed by atoms with Gasteiger partial charge in [-0.3, -0.25) is 4.79 Å². The van der Waals surface area contributed by atoms with E-state index in [0.717, 1.165) is 5.57 Å². The molecule has 0 radical (unpaired) electrons. The molecule has 0 aliphatic heterocycles. The van der Waals surface area contributed by atoms with Gasteiger partial charge < -0.3 is 5.32 Å². The fraction of sp³-hybridized carbons (Fsp3) is 0.250. The third-order valence-electron chi connectivity index (χ3n) is 1.99. The lowest BCUT2D eigenvalue weighted by atomic mass is 10.1. The zero-order valence-corrected chi connectivity index (χ0v) is 10.5. The van der Waals surface area contributed by atoms with E-state index in [1.165, 1.54) is 0 Å². The lowest BCUT2D eigenvalue weighted by molar-refractivity contribution is -0.120. The number of halogens is 2. The quantitative estimate of drug-likeness (QED) is 0.825. The molecule has 0 saturated carbocycles. The van der Waals surface area contributed by atoms with Gasteiger partial charge in [0.2, 0.25) is 5.91 Å². The van der Waals surface area contributed by atoms with Gasteiger partial charge in [0, 0.05) is 16.6 Å². The summed E-state index contributed by atoms with van der Waals surface area (Å²) in [5.74, 6) is -0.113. The number of nitrogens with one attached hydrogen (secondary N) is 1. The molecule has 16 heavy (non-hydrogen) atoms. The van der Waals surface area contributed by atoms with Gasteiger partial charge in [-0.05, 0) is 24.6 Å². The van der Waals surface area contributed by atoms with Crippen LogP contribution in [-0.2, 0) is 11.2 Å². The molecule has 0 spiro atoms. The number of carbonyl (C=O) groups is 1. The topological polar surface area (TPSA) is 29.1 Å². The maximum atomic E-state index is 11.6. The first kappa shape index (κ1) is 13.1. The number of benzene rings is 1. The molecule has 0 aliphatic carbocycles. The Bertz CT molecular complexity index is 395. The maximum absolute atomic E-state index is 11.6. The molecular formula is C12H13Cl2NO. The zero-order chi connectivity index (χ0) is 12.1. The number of hydrogen-bond donors (Lipinski definition) is 1. The largest absolute Gasteiger partial charge is 0.352 e. The van der Waals surface area contributed by atoms with Crippen LogP contribution in [0.4, 0.5) is 0 Å². The Kier molecular flexibility index (Phi) is 4.84. The minimum Gasteiger partial charge on any atom is -0.352 e. The Morgan fingerprint density at radius 1 is 1.38 bits per heavy atom. The van der Waals surface area contributed by atoms with Crippen LogP contribution in [0.1, 0.15) is 12.5 Å². The molecule has 0 unspecified atom stereocenters. The number of amides is 1. The molecule has 0 saturated heterocycles. The molecule has 1 aromatic carbocycles. The first-order valence-corrected chi connectivity index (χ1v) is 5.60. The molecular weight excluding hydrogens is 245 g/mol. The van der Waals surface area contributed by atoms with Gasteiger partial charge in [0.1, 0.15) is 0 Å². The number of hydrogen-bond acceptors (Lipinski definition) is 1. The molecule has 0 bridgehead atoms. The van der Waals surface area contributed by atoms with E-state index in [9.17, 15) is 4.79 Å². The predicted octanol–water partition coefficient (Wildman–Crippen LogP) is 3.23. The van der Waals surface area contributed by atoms with E-state index in [-0.39, 0.29) is 12.3 Å². The second kappa shape index (κ2) is 5.92. The van der Waals surface area contributed by atoms with Crippen LogP contribution in [0, 0.1) is 0 Å². The molecule has 0 aliphatic rings. The smallest absolute Gasteiger partial charge is 0.224 e. The molecule has 4 heteroatoms. The SMILES string of the molecule is C=C(C)CNC(=O)Cc1c(Cl)cccc1Cl. The van der Waals surface area contributed by atoms with Crippen molar-refractivity contribution in [1.82, 2.24) is 5.32 Å². The summed E-state index contributed by atoms with van der Waals surface area (Å²) in [6, 6.07) is 5.18. The van der Waals surface area contributed by atoms with Crippen molar-refractivity contribution in [1.29, 1.82) is 0 Å². The van der Waals surface area contributed by atoms with Gasteiger partial charge >= 0.3 is 0 Å². The summed E-state index contributed by atoms with van der Waals surface area (Å²) in [5, 5.41) is 3.75. The molecule has 0 fully saturated rings. The summed E-state index contributed by atoms with van der Waals surface area (Å²) in [7, 11) is 0. The lowest BCUT2D eigenvalue weighted by Crippen LogP contribution is -2.26. The fourth-order valence-corrected chi connectivity index (χ4v) is 1.70. The van der Waals surface area contributed by atoms with Crippen molar-refractivity contribution in [2.24, 2.45) is 0 Å². The second-order valence-electron chi connectivity index (χ2n) is 3.61. The van der Waals surface area contributed by atoms with E-state index < -0.39 is 0 Å². The van der Waals surface area contributed by atoms with Gasteiger partial charge in [0.15, 0.2) is 0 Å². The first-order chi connectivity index (χ1) is 7.50. The van der Waals surface area contributed by atoms with Crippen molar-refractivity contribution >= 4 is 29.1 Å². The van der Waals surface area contributed by atoms with Crippen LogP contribution in [0.15, 0.2) is 30.4 Å². The van der Waals surface area contributed by atoms with Crippen molar-refractivity contribution in [3.8, 4) is 0 Å². The molecule has 0 heterocycles. The molecule has 1 amide bonds. The highest BCUT2D eigenvalue weighted by Gasteiger charge is 2.10. The Labute approximate surface area is 105 Å². The van der Waals surface area contributed by atoms with Crippen molar-refractivity contribution in [2.75, 3.05) is 6.54 Å². The lowest BCUT2D eigenvalue weighted by Gasteiger charge is -2.07. The fourth-order valence-electron chi connectivity index (χ4n) is 1.17. The van der Waals surface area contributed by atoms with Crippen LogP contribution in [0.3, 0.4) is 0 Å².